The van der Waals surface area contributed by atoms with Crippen molar-refractivity contribution in [1.29, 1.82) is 0 Å². The Balaban J connectivity index is 2.01. The van der Waals surface area contributed by atoms with Gasteiger partial charge in [-0.15, -0.1) is 13.2 Å². The first-order valence-electron chi connectivity index (χ1n) is 7.40. The molecule has 0 spiro atoms. The molecule has 6 nitrogen and oxygen atoms in total. The lowest BCUT2D eigenvalue weighted by Gasteiger charge is -2.15. The summed E-state index contributed by atoms with van der Waals surface area (Å²) in [6.45, 7) is 1.67. The van der Waals surface area contributed by atoms with Gasteiger partial charge in [0.05, 0.1) is 18.7 Å². The van der Waals surface area contributed by atoms with Crippen molar-refractivity contribution >= 4 is 11.9 Å². The van der Waals surface area contributed by atoms with E-state index in [4.69, 9.17) is 0 Å². The van der Waals surface area contributed by atoms with Gasteiger partial charge in [0.25, 0.3) is 5.91 Å². The van der Waals surface area contributed by atoms with Crippen LogP contribution >= 0.6 is 0 Å². The number of esters is 1. The molecule has 0 saturated carbocycles. The first-order chi connectivity index (χ1) is 12.2. The molecule has 1 heterocycles. The summed E-state index contributed by atoms with van der Waals surface area (Å²) < 4.78 is 44.8. The molecular formula is C17H15F3N2O4. The number of halogens is 3. The van der Waals surface area contributed by atoms with Gasteiger partial charge in [-0.05, 0) is 36.8 Å². The maximum absolute atomic E-state index is 12.2. The number of hydrogen-bond acceptors (Lipinski definition) is 5. The van der Waals surface area contributed by atoms with Crippen molar-refractivity contribution in [3.8, 4) is 5.75 Å². The smallest absolute Gasteiger partial charge is 0.465 e. The maximum atomic E-state index is 12.2. The van der Waals surface area contributed by atoms with Crippen molar-refractivity contribution in [2.24, 2.45) is 0 Å². The predicted molar refractivity (Wildman–Crippen MR) is 84.6 cm³/mol. The first kappa shape index (κ1) is 19.2. The summed E-state index contributed by atoms with van der Waals surface area (Å²) in [6.07, 6.45) is -3.54. The molecule has 0 radical (unpaired) electrons. The number of nitrogens with one attached hydrogen (secondary N) is 1. The van der Waals surface area contributed by atoms with Crippen molar-refractivity contribution in [3.63, 3.8) is 0 Å². The third-order valence-electron chi connectivity index (χ3n) is 3.38. The molecule has 138 valence electrons. The highest BCUT2D eigenvalue weighted by molar-refractivity contribution is 5.94. The normalized spacial score (nSPS) is 12.2. The van der Waals surface area contributed by atoms with E-state index in [1.807, 2.05) is 0 Å². The Morgan fingerprint density at radius 3 is 2.27 bits per heavy atom. The largest absolute Gasteiger partial charge is 0.573 e. The summed E-state index contributed by atoms with van der Waals surface area (Å²) >= 11 is 0. The Bertz CT molecular complexity index is 774. The van der Waals surface area contributed by atoms with Crippen molar-refractivity contribution in [2.75, 3.05) is 7.11 Å². The fraction of sp³-hybridized carbons (Fsp3) is 0.235. The molecular weight excluding hydrogens is 353 g/mol. The molecule has 26 heavy (non-hydrogen) atoms. The maximum Gasteiger partial charge on any atom is 0.573 e. The summed E-state index contributed by atoms with van der Waals surface area (Å²) in [5.74, 6) is -1.41. The average Bonchev–Trinajstić information content (AvgIpc) is 2.60. The molecule has 9 heteroatoms. The number of nitrogens with zero attached hydrogens (tertiary/aromatic N) is 1. The van der Waals surface area contributed by atoms with Gasteiger partial charge in [0.2, 0.25) is 0 Å². The molecule has 0 aliphatic heterocycles. The predicted octanol–water partition coefficient (Wildman–Crippen LogP) is 3.26. The van der Waals surface area contributed by atoms with Crippen molar-refractivity contribution in [1.82, 2.24) is 10.3 Å². The van der Waals surface area contributed by atoms with Gasteiger partial charge < -0.3 is 14.8 Å². The zero-order chi connectivity index (χ0) is 19.3. The molecule has 0 unspecified atom stereocenters. The molecule has 1 aromatic heterocycles. The minimum Gasteiger partial charge on any atom is -0.465 e. The van der Waals surface area contributed by atoms with Crippen LogP contribution in [-0.4, -0.2) is 30.3 Å². The molecule has 2 aromatic rings. The summed E-state index contributed by atoms with van der Waals surface area (Å²) in [6, 6.07) is 7.45. The molecule has 0 fully saturated rings. The molecule has 0 bridgehead atoms. The van der Waals surface area contributed by atoms with Crippen LogP contribution in [0.3, 0.4) is 0 Å². The van der Waals surface area contributed by atoms with E-state index >= 15 is 0 Å². The fourth-order valence-electron chi connectivity index (χ4n) is 2.08. The molecule has 0 aliphatic rings. The van der Waals surface area contributed by atoms with Gasteiger partial charge in [0.15, 0.2) is 0 Å². The molecule has 0 saturated heterocycles. The third kappa shape index (κ3) is 5.20. The second-order valence-corrected chi connectivity index (χ2v) is 5.24. The number of alkyl halides is 3. The quantitative estimate of drug-likeness (QED) is 0.820. The highest BCUT2D eigenvalue weighted by Crippen LogP contribution is 2.24. The summed E-state index contributed by atoms with van der Waals surface area (Å²) in [7, 11) is 1.23. The van der Waals surface area contributed by atoms with Crippen LogP contribution in [0.15, 0.2) is 42.6 Å². The van der Waals surface area contributed by atoms with Crippen LogP contribution in [0.4, 0.5) is 13.2 Å². The Kier molecular flexibility index (Phi) is 5.81. The van der Waals surface area contributed by atoms with Crippen LogP contribution in [0.25, 0.3) is 0 Å². The average molecular weight is 368 g/mol. The zero-order valence-corrected chi connectivity index (χ0v) is 13.8. The number of carbonyl (C=O) groups excluding carboxylic acids is 2. The first-order valence-corrected chi connectivity index (χ1v) is 7.40. The summed E-state index contributed by atoms with van der Waals surface area (Å²) in [5.41, 5.74) is 0.873. The van der Waals surface area contributed by atoms with Crippen molar-refractivity contribution < 1.29 is 32.2 Å². The number of hydrogen-bond donors (Lipinski definition) is 1. The van der Waals surface area contributed by atoms with E-state index in [9.17, 15) is 22.8 Å². The van der Waals surface area contributed by atoms with Crippen LogP contribution in [0.5, 0.6) is 5.75 Å². The van der Waals surface area contributed by atoms with E-state index in [0.29, 0.717) is 5.56 Å². The highest BCUT2D eigenvalue weighted by Gasteiger charge is 2.31. The number of carbonyl (C=O) groups is 2. The zero-order valence-electron chi connectivity index (χ0n) is 13.8. The van der Waals surface area contributed by atoms with Crippen LogP contribution in [0, 0.1) is 0 Å². The summed E-state index contributed by atoms with van der Waals surface area (Å²) in [5, 5.41) is 2.66. The van der Waals surface area contributed by atoms with E-state index in [0.717, 1.165) is 12.1 Å². The van der Waals surface area contributed by atoms with Gasteiger partial charge in [0.1, 0.15) is 11.4 Å². The lowest BCUT2D eigenvalue weighted by atomic mass is 10.1. The third-order valence-corrected chi connectivity index (χ3v) is 3.38. The monoisotopic (exact) mass is 368 g/mol. The second-order valence-electron chi connectivity index (χ2n) is 5.24. The molecule has 1 N–H and O–H groups in total. The van der Waals surface area contributed by atoms with E-state index in [2.05, 4.69) is 19.8 Å². The lowest BCUT2D eigenvalue weighted by Crippen LogP contribution is -2.27. The number of rotatable bonds is 5. The number of ether oxygens (including phenoxy) is 2. The topological polar surface area (TPSA) is 77.5 Å². The Morgan fingerprint density at radius 1 is 1.12 bits per heavy atom. The molecule has 1 aromatic carbocycles. The van der Waals surface area contributed by atoms with Gasteiger partial charge in [-0.25, -0.2) is 4.79 Å². The van der Waals surface area contributed by atoms with E-state index in [-0.39, 0.29) is 17.0 Å². The lowest BCUT2D eigenvalue weighted by molar-refractivity contribution is -0.274. The van der Waals surface area contributed by atoms with Gasteiger partial charge in [-0.3, -0.25) is 9.78 Å². The van der Waals surface area contributed by atoms with E-state index in [1.54, 1.807) is 6.92 Å². The fourth-order valence-corrected chi connectivity index (χ4v) is 2.08. The molecule has 1 atom stereocenters. The van der Waals surface area contributed by atoms with E-state index in [1.165, 1.54) is 37.6 Å². The van der Waals surface area contributed by atoms with Crippen LogP contribution < -0.4 is 10.1 Å². The van der Waals surface area contributed by atoms with Crippen molar-refractivity contribution in [3.05, 3.63) is 59.4 Å². The van der Waals surface area contributed by atoms with Gasteiger partial charge in [-0.2, -0.15) is 0 Å². The van der Waals surface area contributed by atoms with Crippen LogP contribution in [0.2, 0.25) is 0 Å². The van der Waals surface area contributed by atoms with Crippen LogP contribution in [0.1, 0.15) is 39.4 Å². The minimum atomic E-state index is -4.76. The molecule has 0 aliphatic carbocycles. The number of aromatic nitrogens is 1. The standard InChI is InChI=1S/C17H15F3N2O4/c1-10(11-3-6-13(7-4-11)26-17(18,19)20)22-15(23)14-8-5-12(9-21-14)16(24)25-2/h3-10H,1-2H3,(H,22,23)/t10-/m1/s1. The van der Waals surface area contributed by atoms with Gasteiger partial charge in [-0.1, -0.05) is 12.1 Å². The Morgan fingerprint density at radius 2 is 1.77 bits per heavy atom. The molecule has 2 rings (SSSR count). The number of amides is 1. The van der Waals surface area contributed by atoms with Crippen molar-refractivity contribution in [2.45, 2.75) is 19.3 Å². The molecule has 1 amide bonds. The Labute approximate surface area is 146 Å². The second kappa shape index (κ2) is 7.85. The number of methoxy groups -OCH3 is 1. The van der Waals surface area contributed by atoms with Gasteiger partial charge >= 0.3 is 12.3 Å². The van der Waals surface area contributed by atoms with Gasteiger partial charge in [0, 0.05) is 6.20 Å². The number of benzene rings is 1. The SMILES string of the molecule is COC(=O)c1ccc(C(=O)N[C@H](C)c2ccc(OC(F)(F)F)cc2)nc1. The van der Waals surface area contributed by atoms with Crippen LogP contribution in [-0.2, 0) is 4.74 Å². The number of pyridine rings is 1. The Hall–Kier alpha value is -3.10. The minimum absolute atomic E-state index is 0.0847. The summed E-state index contributed by atoms with van der Waals surface area (Å²) in [4.78, 5) is 27.4. The van der Waals surface area contributed by atoms with E-state index < -0.39 is 24.3 Å². The highest BCUT2D eigenvalue weighted by atomic mass is 19.4.